The minimum absolute atomic E-state index is 0.0651. The van der Waals surface area contributed by atoms with E-state index >= 15 is 0 Å². The molecule has 0 aromatic carbocycles. The average Bonchev–Trinajstić information content (AvgIpc) is 3.51. The number of allylic oxidation sites excluding steroid dienone is 23. The summed E-state index contributed by atoms with van der Waals surface area (Å²) in [4.78, 5) is 26.5. The summed E-state index contributed by atoms with van der Waals surface area (Å²) in [5.74, 6) is -1.26. The van der Waals surface area contributed by atoms with E-state index in [1.165, 1.54) is 44.9 Å². The number of ether oxygens (including phenoxy) is 3. The number of carbonyl (C=O) groups is 2. The van der Waals surface area contributed by atoms with Gasteiger partial charge in [0.1, 0.15) is 24.4 Å². The molecule has 1 saturated heterocycles. The Morgan fingerprint density at radius 3 is 1.48 bits per heavy atom. The van der Waals surface area contributed by atoms with Crippen LogP contribution in [0.4, 0.5) is 0 Å². The van der Waals surface area contributed by atoms with E-state index < -0.39 is 67.4 Å². The van der Waals surface area contributed by atoms with Gasteiger partial charge in [0.25, 0.3) is 0 Å². The average molecular weight is 1130 g/mol. The number of carbonyl (C=O) groups excluding carboxylic acids is 2. The summed E-state index contributed by atoms with van der Waals surface area (Å²) in [6.45, 7) is 5.47. The first-order chi connectivity index (χ1) is 39.7. The van der Waals surface area contributed by atoms with Crippen molar-refractivity contribution in [2.45, 2.75) is 269 Å². The summed E-state index contributed by atoms with van der Waals surface area (Å²) < 4.78 is 17.5. The number of aliphatic hydroxyl groups excluding tert-OH is 5. The number of esters is 1. The van der Waals surface area contributed by atoms with E-state index in [0.29, 0.717) is 12.8 Å². The predicted octanol–water partition coefficient (Wildman–Crippen LogP) is 15.4. The Kier molecular flexibility index (Phi) is 51.6. The van der Waals surface area contributed by atoms with Gasteiger partial charge >= 0.3 is 5.97 Å². The molecule has 0 spiro atoms. The van der Waals surface area contributed by atoms with Crippen molar-refractivity contribution in [3.8, 4) is 0 Å². The molecule has 1 rings (SSSR count). The van der Waals surface area contributed by atoms with Gasteiger partial charge < -0.3 is 45.1 Å². The zero-order valence-corrected chi connectivity index (χ0v) is 50.6. The Balaban J connectivity index is 2.65. The van der Waals surface area contributed by atoms with Gasteiger partial charge in [-0.15, -0.1) is 0 Å². The Hall–Kier alpha value is -4.46. The van der Waals surface area contributed by atoms with E-state index in [2.05, 4.69) is 111 Å². The lowest BCUT2D eigenvalue weighted by Gasteiger charge is -2.41. The molecule has 1 aliphatic heterocycles. The summed E-state index contributed by atoms with van der Waals surface area (Å²) in [5.41, 5.74) is 0. The molecule has 8 unspecified atom stereocenters. The highest BCUT2D eigenvalue weighted by atomic mass is 16.7. The van der Waals surface area contributed by atoms with Gasteiger partial charge in [0.15, 0.2) is 12.4 Å². The second-order valence-electron chi connectivity index (χ2n) is 21.1. The lowest BCUT2D eigenvalue weighted by molar-refractivity contribution is -0.305. The van der Waals surface area contributed by atoms with Crippen LogP contribution in [-0.4, -0.2) is 99.6 Å². The topological polar surface area (TPSA) is 175 Å². The molecule has 0 radical (unpaired) electrons. The fourth-order valence-corrected chi connectivity index (χ4v) is 8.91. The molecule has 0 aromatic rings. The number of hydrogen-bond donors (Lipinski definition) is 6. The summed E-state index contributed by atoms with van der Waals surface area (Å²) in [5, 5.41) is 57.0. The second-order valence-corrected chi connectivity index (χ2v) is 21.1. The molecule has 1 fully saturated rings. The normalized spacial score (nSPS) is 19.7. The van der Waals surface area contributed by atoms with Crippen molar-refractivity contribution in [1.29, 1.82) is 0 Å². The third kappa shape index (κ3) is 43.8. The molecule has 1 amide bonds. The molecule has 0 bridgehead atoms. The lowest BCUT2D eigenvalue weighted by Crippen LogP contribution is -2.61. The second kappa shape index (κ2) is 56.0. The molecule has 1 aliphatic rings. The largest absolute Gasteiger partial charge is 0.454 e. The molecule has 6 N–H and O–H groups in total. The summed E-state index contributed by atoms with van der Waals surface area (Å²) in [6, 6.07) is -1.05. The Labute approximate surface area is 492 Å². The molecular formula is C70H113NO10. The maximum absolute atomic E-state index is 13.4. The summed E-state index contributed by atoms with van der Waals surface area (Å²) in [7, 11) is 0. The first kappa shape index (κ1) is 74.6. The van der Waals surface area contributed by atoms with Gasteiger partial charge in [0.2, 0.25) is 5.91 Å². The third-order valence-corrected chi connectivity index (χ3v) is 13.9. The van der Waals surface area contributed by atoms with Crippen LogP contribution in [0.25, 0.3) is 0 Å². The predicted molar refractivity (Wildman–Crippen MR) is 337 cm³/mol. The van der Waals surface area contributed by atoms with Gasteiger partial charge in [-0.1, -0.05) is 263 Å². The van der Waals surface area contributed by atoms with Crippen LogP contribution in [0.2, 0.25) is 0 Å². The van der Waals surface area contributed by atoms with E-state index in [0.717, 1.165) is 128 Å². The Morgan fingerprint density at radius 2 is 0.951 bits per heavy atom. The zero-order chi connectivity index (χ0) is 58.9. The van der Waals surface area contributed by atoms with Crippen LogP contribution in [0.3, 0.4) is 0 Å². The standard InChI is InChI=1S/C70H113NO10/c1-4-7-10-13-16-19-22-24-26-27-28-29-30-31-32-33-34-35-36-38-39-42-45-48-51-54-57-63(74)69(78)71-61(62(73)56-53-50-47-44-41-21-18-15-12-9-6-3)60-79-70-68(67(77)66(76)64(59-72)80-70)81-65(75)58-55-52-49-46-43-40-37-25-23-20-17-14-11-8-5-2/h7-8,10-11,14,16-17,19-20,23-26,28-29,31-32,34-35,37,40,43,53,56,61-64,66-68,70,72-74,76-77H,4-6,9,12-13,15,18,21-22,27,30,33,36,38-39,41-42,44-52,54-55,57-60H2,1-3H3,(H,71,78)/b10-7-,11-8+,17-14+,19-16-,23-20-,26-24-,29-28-,32-31-,35-34-,37-25-,43-40+,56-53+. The van der Waals surface area contributed by atoms with Crippen molar-refractivity contribution in [3.05, 3.63) is 146 Å². The van der Waals surface area contributed by atoms with Gasteiger partial charge in [0.05, 0.1) is 25.4 Å². The maximum Gasteiger partial charge on any atom is 0.306 e. The van der Waals surface area contributed by atoms with Crippen molar-refractivity contribution >= 4 is 11.9 Å². The highest BCUT2D eigenvalue weighted by Crippen LogP contribution is 2.26. The molecule has 0 saturated carbocycles. The quantitative estimate of drug-likeness (QED) is 0.0149. The molecule has 0 aromatic heterocycles. The number of nitrogens with one attached hydrogen (secondary N) is 1. The van der Waals surface area contributed by atoms with Gasteiger partial charge in [-0.3, -0.25) is 9.59 Å². The van der Waals surface area contributed by atoms with Gasteiger partial charge in [0, 0.05) is 6.42 Å². The molecular weight excluding hydrogens is 1010 g/mol. The number of rotatable bonds is 51. The zero-order valence-electron chi connectivity index (χ0n) is 50.6. The Bertz CT molecular complexity index is 1870. The Morgan fingerprint density at radius 1 is 0.506 bits per heavy atom. The van der Waals surface area contributed by atoms with E-state index in [1.807, 2.05) is 54.7 Å². The SMILES string of the molecule is CC/C=C\C/C=C\C/C=C\C/C=C\C/C=C\C/C=C\CCCCCCCCCC(O)C(=O)NC(COC1OC(CO)C(O)C(O)C1OC(=O)CCCCC/C=C/C=C\C=C/C=C/C=C/CC)C(O)/C=C/CCCCCCCCCCC. The van der Waals surface area contributed by atoms with E-state index in [-0.39, 0.29) is 19.4 Å². The van der Waals surface area contributed by atoms with Crippen molar-refractivity contribution < 1.29 is 49.3 Å². The minimum Gasteiger partial charge on any atom is -0.454 e. The van der Waals surface area contributed by atoms with Crippen LogP contribution in [0.15, 0.2) is 146 Å². The van der Waals surface area contributed by atoms with Crippen molar-refractivity contribution in [2.75, 3.05) is 13.2 Å². The monoisotopic (exact) mass is 1130 g/mol. The number of unbranched alkanes of at least 4 members (excludes halogenated alkanes) is 19. The maximum atomic E-state index is 13.4. The molecule has 0 aliphatic carbocycles. The van der Waals surface area contributed by atoms with Crippen LogP contribution in [-0.2, 0) is 23.8 Å². The first-order valence-electron chi connectivity index (χ1n) is 31.7. The van der Waals surface area contributed by atoms with E-state index in [4.69, 9.17) is 14.2 Å². The van der Waals surface area contributed by atoms with Crippen LogP contribution in [0, 0.1) is 0 Å². The fraction of sp³-hybridized carbons (Fsp3) is 0.629. The minimum atomic E-state index is -1.64. The lowest BCUT2D eigenvalue weighted by atomic mass is 9.99. The van der Waals surface area contributed by atoms with E-state index in [9.17, 15) is 35.1 Å². The van der Waals surface area contributed by atoms with Crippen LogP contribution >= 0.6 is 0 Å². The van der Waals surface area contributed by atoms with Crippen LogP contribution in [0.5, 0.6) is 0 Å². The number of aliphatic hydroxyl groups is 5. The fourth-order valence-electron chi connectivity index (χ4n) is 8.91. The van der Waals surface area contributed by atoms with Crippen LogP contribution in [0.1, 0.15) is 220 Å². The number of amides is 1. The highest BCUT2D eigenvalue weighted by molar-refractivity contribution is 5.80. The van der Waals surface area contributed by atoms with Crippen molar-refractivity contribution in [3.63, 3.8) is 0 Å². The smallest absolute Gasteiger partial charge is 0.306 e. The molecule has 1 heterocycles. The molecule has 11 nitrogen and oxygen atoms in total. The van der Waals surface area contributed by atoms with Crippen LogP contribution < -0.4 is 5.32 Å². The van der Waals surface area contributed by atoms with Crippen molar-refractivity contribution in [2.24, 2.45) is 0 Å². The van der Waals surface area contributed by atoms with E-state index in [1.54, 1.807) is 6.08 Å². The number of hydrogen-bond acceptors (Lipinski definition) is 10. The van der Waals surface area contributed by atoms with Crippen molar-refractivity contribution in [1.82, 2.24) is 5.32 Å². The van der Waals surface area contributed by atoms with Gasteiger partial charge in [-0.25, -0.2) is 0 Å². The molecule has 458 valence electrons. The van der Waals surface area contributed by atoms with Gasteiger partial charge in [-0.05, 0) is 96.3 Å². The molecule has 11 heteroatoms. The highest BCUT2D eigenvalue weighted by Gasteiger charge is 2.47. The third-order valence-electron chi connectivity index (χ3n) is 13.9. The molecule has 81 heavy (non-hydrogen) atoms. The van der Waals surface area contributed by atoms with Gasteiger partial charge in [-0.2, -0.15) is 0 Å². The summed E-state index contributed by atoms with van der Waals surface area (Å²) >= 11 is 0. The first-order valence-corrected chi connectivity index (χ1v) is 31.7. The summed E-state index contributed by atoms with van der Waals surface area (Å²) in [6.07, 6.45) is 70.3. The molecule has 8 atom stereocenters.